The van der Waals surface area contributed by atoms with E-state index in [1.165, 1.54) is 116 Å². The standard InChI is InChI=1S/C22H46O.2CH4/c1-3-5-7-9-11-13-14-16-18-20-22-23-21-19-17-15-12-10-8-6-4-2;;/h3-22H2,1-2H3;2*1H4. The third-order valence-electron chi connectivity index (χ3n) is 4.78. The normalized spacial score (nSPS) is 10.3. The van der Waals surface area contributed by atoms with Crippen molar-refractivity contribution in [3.63, 3.8) is 0 Å². The summed E-state index contributed by atoms with van der Waals surface area (Å²) in [5.74, 6) is 0. The van der Waals surface area contributed by atoms with E-state index in [0.29, 0.717) is 0 Å². The van der Waals surface area contributed by atoms with E-state index in [4.69, 9.17) is 4.74 Å². The van der Waals surface area contributed by atoms with Crippen LogP contribution in [-0.4, -0.2) is 13.2 Å². The van der Waals surface area contributed by atoms with Gasteiger partial charge in [-0.1, -0.05) is 131 Å². The first-order valence-corrected chi connectivity index (χ1v) is 11.0. The molecule has 0 aromatic heterocycles. The van der Waals surface area contributed by atoms with Gasteiger partial charge < -0.3 is 4.74 Å². The van der Waals surface area contributed by atoms with Gasteiger partial charge in [-0.15, -0.1) is 0 Å². The molecule has 0 radical (unpaired) electrons. The average Bonchev–Trinajstić information content (AvgIpc) is 2.57. The molecule has 0 aliphatic carbocycles. The Bertz CT molecular complexity index is 171. The van der Waals surface area contributed by atoms with E-state index in [1.54, 1.807) is 0 Å². The first-order valence-electron chi connectivity index (χ1n) is 11.0. The molecule has 0 saturated heterocycles. The quantitative estimate of drug-likeness (QED) is 0.197. The highest BCUT2D eigenvalue weighted by atomic mass is 16.5. The molecule has 0 fully saturated rings. The molecular weight excluding hydrogens is 304 g/mol. The Kier molecular flexibility index (Phi) is 34.2. The third-order valence-corrected chi connectivity index (χ3v) is 4.78. The largest absolute Gasteiger partial charge is 0.381 e. The summed E-state index contributed by atoms with van der Waals surface area (Å²) < 4.78 is 5.75. The van der Waals surface area contributed by atoms with Crippen molar-refractivity contribution in [3.8, 4) is 0 Å². The Morgan fingerprint density at radius 1 is 0.360 bits per heavy atom. The molecule has 0 N–H and O–H groups in total. The number of rotatable bonds is 20. The van der Waals surface area contributed by atoms with Gasteiger partial charge in [0.05, 0.1) is 0 Å². The van der Waals surface area contributed by atoms with Gasteiger partial charge in [0.15, 0.2) is 0 Å². The fourth-order valence-electron chi connectivity index (χ4n) is 3.13. The van der Waals surface area contributed by atoms with Gasteiger partial charge in [0, 0.05) is 13.2 Å². The lowest BCUT2D eigenvalue weighted by atomic mass is 10.1. The van der Waals surface area contributed by atoms with Crippen molar-refractivity contribution in [2.24, 2.45) is 0 Å². The molecule has 1 nitrogen and oxygen atoms in total. The van der Waals surface area contributed by atoms with E-state index in [-0.39, 0.29) is 14.9 Å². The van der Waals surface area contributed by atoms with Crippen LogP contribution in [-0.2, 0) is 4.74 Å². The van der Waals surface area contributed by atoms with Gasteiger partial charge in [-0.2, -0.15) is 0 Å². The first-order chi connectivity index (χ1) is 11.4. The second-order valence-electron chi connectivity index (χ2n) is 7.27. The van der Waals surface area contributed by atoms with Gasteiger partial charge in [-0.3, -0.25) is 0 Å². The van der Waals surface area contributed by atoms with E-state index >= 15 is 0 Å². The maximum atomic E-state index is 5.75. The zero-order chi connectivity index (χ0) is 16.8. The molecule has 0 aliphatic rings. The summed E-state index contributed by atoms with van der Waals surface area (Å²) in [5.41, 5.74) is 0. The highest BCUT2D eigenvalue weighted by Crippen LogP contribution is 2.11. The zero-order valence-corrected chi connectivity index (χ0v) is 16.6. The molecule has 0 heterocycles. The Morgan fingerprint density at radius 3 is 0.880 bits per heavy atom. The molecule has 0 spiro atoms. The van der Waals surface area contributed by atoms with E-state index in [0.717, 1.165) is 13.2 Å². The van der Waals surface area contributed by atoms with Gasteiger partial charge in [0.2, 0.25) is 0 Å². The summed E-state index contributed by atoms with van der Waals surface area (Å²) >= 11 is 0. The fourth-order valence-corrected chi connectivity index (χ4v) is 3.13. The van der Waals surface area contributed by atoms with Crippen molar-refractivity contribution >= 4 is 0 Å². The highest BCUT2D eigenvalue weighted by molar-refractivity contribution is 4.48. The van der Waals surface area contributed by atoms with Crippen LogP contribution in [0.25, 0.3) is 0 Å². The van der Waals surface area contributed by atoms with Crippen LogP contribution in [0.4, 0.5) is 0 Å². The summed E-state index contributed by atoms with van der Waals surface area (Å²) in [7, 11) is 0. The van der Waals surface area contributed by atoms with Crippen molar-refractivity contribution < 1.29 is 4.74 Å². The first kappa shape index (κ1) is 29.7. The van der Waals surface area contributed by atoms with Crippen LogP contribution in [0, 0.1) is 0 Å². The second kappa shape index (κ2) is 28.8. The van der Waals surface area contributed by atoms with Crippen molar-refractivity contribution in [3.05, 3.63) is 0 Å². The summed E-state index contributed by atoms with van der Waals surface area (Å²) in [6, 6.07) is 0. The van der Waals surface area contributed by atoms with Crippen LogP contribution in [0.1, 0.15) is 144 Å². The summed E-state index contributed by atoms with van der Waals surface area (Å²) in [5, 5.41) is 0. The molecule has 25 heavy (non-hydrogen) atoms. The molecular formula is C24H54O. The average molecular weight is 359 g/mol. The van der Waals surface area contributed by atoms with Crippen molar-refractivity contribution in [1.82, 2.24) is 0 Å². The van der Waals surface area contributed by atoms with Crippen LogP contribution in [0.3, 0.4) is 0 Å². The van der Waals surface area contributed by atoms with Gasteiger partial charge in [0.1, 0.15) is 0 Å². The number of unbranched alkanes of at least 4 members (excludes halogenated alkanes) is 16. The highest BCUT2D eigenvalue weighted by Gasteiger charge is 1.94. The van der Waals surface area contributed by atoms with E-state index in [9.17, 15) is 0 Å². The van der Waals surface area contributed by atoms with Crippen LogP contribution in [0.2, 0.25) is 0 Å². The minimum atomic E-state index is 0. The SMILES string of the molecule is C.C.CCCCCCCCCCCCOCCCCCCCCCC. The molecule has 156 valence electrons. The van der Waals surface area contributed by atoms with Gasteiger partial charge in [0.25, 0.3) is 0 Å². The molecule has 0 atom stereocenters. The molecule has 0 aromatic rings. The maximum absolute atomic E-state index is 5.75. The number of hydrogen-bond donors (Lipinski definition) is 0. The maximum Gasteiger partial charge on any atom is 0.0466 e. The van der Waals surface area contributed by atoms with E-state index < -0.39 is 0 Å². The van der Waals surface area contributed by atoms with Gasteiger partial charge >= 0.3 is 0 Å². The van der Waals surface area contributed by atoms with Crippen LogP contribution < -0.4 is 0 Å². The predicted molar refractivity (Wildman–Crippen MR) is 119 cm³/mol. The van der Waals surface area contributed by atoms with Crippen molar-refractivity contribution in [2.75, 3.05) is 13.2 Å². The molecule has 0 unspecified atom stereocenters. The molecule has 0 saturated carbocycles. The third kappa shape index (κ3) is 29.0. The smallest absolute Gasteiger partial charge is 0.0466 e. The van der Waals surface area contributed by atoms with Crippen LogP contribution in [0.5, 0.6) is 0 Å². The van der Waals surface area contributed by atoms with Gasteiger partial charge in [-0.25, -0.2) is 0 Å². The second-order valence-corrected chi connectivity index (χ2v) is 7.27. The zero-order valence-electron chi connectivity index (χ0n) is 16.6. The van der Waals surface area contributed by atoms with Gasteiger partial charge in [-0.05, 0) is 12.8 Å². The Labute approximate surface area is 162 Å². The van der Waals surface area contributed by atoms with Crippen LogP contribution in [0.15, 0.2) is 0 Å². The minimum Gasteiger partial charge on any atom is -0.381 e. The van der Waals surface area contributed by atoms with Crippen molar-refractivity contribution in [1.29, 1.82) is 0 Å². The van der Waals surface area contributed by atoms with E-state index in [2.05, 4.69) is 13.8 Å². The predicted octanol–water partition coefficient (Wildman–Crippen LogP) is 9.34. The number of hydrogen-bond acceptors (Lipinski definition) is 1. The Morgan fingerprint density at radius 2 is 0.600 bits per heavy atom. The summed E-state index contributed by atoms with van der Waals surface area (Å²) in [4.78, 5) is 0. The number of ether oxygens (including phenoxy) is 1. The fraction of sp³-hybridized carbons (Fsp3) is 1.00. The Hall–Kier alpha value is -0.0400. The van der Waals surface area contributed by atoms with Crippen molar-refractivity contribution in [2.45, 2.75) is 144 Å². The molecule has 1 heteroatoms. The van der Waals surface area contributed by atoms with E-state index in [1.807, 2.05) is 0 Å². The molecule has 0 rings (SSSR count). The minimum absolute atomic E-state index is 0. The molecule has 0 aliphatic heterocycles. The monoisotopic (exact) mass is 358 g/mol. The molecule has 0 bridgehead atoms. The molecule has 0 aromatic carbocycles. The van der Waals surface area contributed by atoms with Crippen LogP contribution >= 0.6 is 0 Å². The Balaban J connectivity index is -0.00000242. The topological polar surface area (TPSA) is 9.23 Å². The lowest BCUT2D eigenvalue weighted by molar-refractivity contribution is 0.125. The lowest BCUT2D eigenvalue weighted by Gasteiger charge is -2.05. The summed E-state index contributed by atoms with van der Waals surface area (Å²) in [6.45, 7) is 6.56. The lowest BCUT2D eigenvalue weighted by Crippen LogP contribution is -1.97. The summed E-state index contributed by atoms with van der Waals surface area (Å²) in [6.07, 6.45) is 25.2. The molecule has 0 amide bonds.